The number of benzene rings is 1. The van der Waals surface area contributed by atoms with E-state index in [2.05, 4.69) is 15.3 Å². The van der Waals surface area contributed by atoms with Crippen molar-refractivity contribution in [2.24, 2.45) is 10.8 Å². The van der Waals surface area contributed by atoms with Gasteiger partial charge in [0.1, 0.15) is 5.04 Å². The highest BCUT2D eigenvalue weighted by atomic mass is 35.5. The molecule has 0 radical (unpaired) electrons. The van der Waals surface area contributed by atoms with Crippen LogP contribution in [0.4, 0.5) is 5.82 Å². The third-order valence-corrected chi connectivity index (χ3v) is 6.24. The number of thioether (sulfide) groups is 1. The fourth-order valence-corrected chi connectivity index (χ4v) is 4.35. The van der Waals surface area contributed by atoms with E-state index in [0.717, 1.165) is 16.3 Å². The minimum atomic E-state index is -0.346. The summed E-state index contributed by atoms with van der Waals surface area (Å²) in [6, 6.07) is 9.29. The molecule has 2 atom stereocenters. The molecule has 1 aromatic carbocycles. The molecule has 2 N–H and O–H groups in total. The Balaban J connectivity index is 1.54. The van der Waals surface area contributed by atoms with E-state index in [0.29, 0.717) is 22.4 Å². The third kappa shape index (κ3) is 3.77. The second-order valence-electron chi connectivity index (χ2n) is 6.48. The van der Waals surface area contributed by atoms with Crippen molar-refractivity contribution in [3.8, 4) is 0 Å². The maximum absolute atomic E-state index is 6.29. The number of halogens is 2. The fraction of sp³-hybridized carbons (Fsp3) is 0.278. The molecule has 0 aliphatic carbocycles. The lowest BCUT2D eigenvalue weighted by molar-refractivity contribution is 0.607. The number of hydrogen-bond donors (Lipinski definition) is 1. The monoisotopic (exact) mass is 435 g/mol. The summed E-state index contributed by atoms with van der Waals surface area (Å²) in [7, 11) is 0. The van der Waals surface area contributed by atoms with Crippen LogP contribution in [0, 0.1) is 6.92 Å². The smallest absolute Gasteiger partial charge is 0.173 e. The molecule has 7 nitrogen and oxygen atoms in total. The Hall–Kier alpha value is -2.00. The molecule has 2 aromatic heterocycles. The van der Waals surface area contributed by atoms with Crippen LogP contribution < -0.4 is 10.7 Å². The summed E-state index contributed by atoms with van der Waals surface area (Å²) in [5, 5.41) is 17.6. The number of hydrazone groups is 1. The minimum Gasteiger partial charge on any atom is -0.301 e. The number of nitrogens with zero attached hydrogens (tertiary/aromatic N) is 6. The van der Waals surface area contributed by atoms with Crippen LogP contribution >= 0.6 is 35.0 Å². The third-order valence-electron chi connectivity index (χ3n) is 4.43. The zero-order valence-electron chi connectivity index (χ0n) is 15.3. The van der Waals surface area contributed by atoms with E-state index < -0.39 is 0 Å². The van der Waals surface area contributed by atoms with Gasteiger partial charge in [-0.25, -0.2) is 5.01 Å². The van der Waals surface area contributed by atoms with Gasteiger partial charge in [-0.05, 0) is 32.0 Å². The first-order chi connectivity index (χ1) is 13.4. The molecule has 10 heteroatoms. The van der Waals surface area contributed by atoms with Crippen molar-refractivity contribution < 1.29 is 0 Å². The van der Waals surface area contributed by atoms with Crippen LogP contribution in [0.1, 0.15) is 24.2 Å². The summed E-state index contributed by atoms with van der Waals surface area (Å²) in [6.07, 6.45) is 3.81. The summed E-state index contributed by atoms with van der Waals surface area (Å²) in [5.41, 5.74) is 7.73. The Labute approximate surface area is 177 Å². The number of aromatic nitrogens is 4. The molecule has 146 valence electrons. The molecular formula is C18H19Cl2N7S. The first-order valence-electron chi connectivity index (χ1n) is 8.70. The van der Waals surface area contributed by atoms with Gasteiger partial charge in [-0.3, -0.25) is 9.36 Å². The predicted octanol–water partition coefficient (Wildman–Crippen LogP) is 4.11. The molecule has 3 aromatic rings. The molecule has 0 amide bonds. The lowest BCUT2D eigenvalue weighted by Crippen LogP contribution is -2.32. The van der Waals surface area contributed by atoms with Gasteiger partial charge in [0.2, 0.25) is 0 Å². The highest BCUT2D eigenvalue weighted by Gasteiger charge is 2.30. The lowest BCUT2D eigenvalue weighted by Gasteiger charge is -2.15. The van der Waals surface area contributed by atoms with Crippen molar-refractivity contribution in [1.82, 2.24) is 19.6 Å². The zero-order valence-corrected chi connectivity index (χ0v) is 17.7. The van der Waals surface area contributed by atoms with E-state index in [-0.39, 0.29) is 11.5 Å². The lowest BCUT2D eigenvalue weighted by atomic mass is 10.2. The maximum atomic E-state index is 6.29. The molecular weight excluding hydrogens is 417 g/mol. The van der Waals surface area contributed by atoms with E-state index >= 15 is 0 Å². The Kier molecular flexibility index (Phi) is 5.37. The molecule has 0 saturated heterocycles. The van der Waals surface area contributed by atoms with Crippen LogP contribution in [-0.2, 0) is 6.54 Å². The number of hydrogen-bond acceptors (Lipinski definition) is 6. The Morgan fingerprint density at radius 2 is 1.89 bits per heavy atom. The number of anilines is 1. The summed E-state index contributed by atoms with van der Waals surface area (Å²) in [4.78, 5) is 0. The summed E-state index contributed by atoms with van der Waals surface area (Å²) < 4.78 is 3.66. The van der Waals surface area contributed by atoms with E-state index in [4.69, 9.17) is 28.9 Å². The van der Waals surface area contributed by atoms with E-state index in [9.17, 15) is 0 Å². The molecule has 1 aliphatic heterocycles. The van der Waals surface area contributed by atoms with Gasteiger partial charge in [0.15, 0.2) is 11.3 Å². The van der Waals surface area contributed by atoms with Crippen molar-refractivity contribution in [2.45, 2.75) is 31.9 Å². The van der Waals surface area contributed by atoms with Crippen molar-refractivity contribution >= 4 is 45.8 Å². The van der Waals surface area contributed by atoms with Gasteiger partial charge in [-0.2, -0.15) is 15.3 Å². The molecule has 3 heterocycles. The highest BCUT2D eigenvalue weighted by Crippen LogP contribution is 2.32. The molecule has 0 saturated carbocycles. The second kappa shape index (κ2) is 7.79. The largest absolute Gasteiger partial charge is 0.301 e. The standard InChI is InChI=1S/C18H19Cl2N7S/c1-11-6-9-26(22-11)12(2)17-24-27(18(21)28-17)16-7-8-25(23-16)10-13-14(19)4-3-5-15(13)20/h3-9,12,18H,10,21H2,1-2H3. The van der Waals surface area contributed by atoms with E-state index in [1.807, 2.05) is 61.3 Å². The molecule has 0 fully saturated rings. The molecule has 4 rings (SSSR count). The first kappa shape index (κ1) is 19.3. The van der Waals surface area contributed by atoms with E-state index in [1.165, 1.54) is 11.8 Å². The van der Waals surface area contributed by atoms with Gasteiger partial charge < -0.3 is 5.73 Å². The average molecular weight is 436 g/mol. The van der Waals surface area contributed by atoms with Crippen LogP contribution in [0.2, 0.25) is 10.0 Å². The quantitative estimate of drug-likeness (QED) is 0.651. The maximum Gasteiger partial charge on any atom is 0.173 e. The Morgan fingerprint density at radius 1 is 1.14 bits per heavy atom. The van der Waals surface area contributed by atoms with Crippen LogP contribution in [0.15, 0.2) is 47.8 Å². The summed E-state index contributed by atoms with van der Waals surface area (Å²) >= 11 is 14.0. The van der Waals surface area contributed by atoms with Gasteiger partial charge >= 0.3 is 0 Å². The molecule has 0 spiro atoms. The molecule has 0 bridgehead atoms. The van der Waals surface area contributed by atoms with Crippen LogP contribution in [0.25, 0.3) is 0 Å². The normalized spacial score (nSPS) is 17.8. The van der Waals surface area contributed by atoms with Gasteiger partial charge in [-0.15, -0.1) is 0 Å². The van der Waals surface area contributed by atoms with Crippen molar-refractivity contribution in [1.29, 1.82) is 0 Å². The Morgan fingerprint density at radius 3 is 2.57 bits per heavy atom. The minimum absolute atomic E-state index is 0.00114. The fourth-order valence-electron chi connectivity index (χ4n) is 2.89. The zero-order chi connectivity index (χ0) is 19.8. The van der Waals surface area contributed by atoms with Crippen LogP contribution in [-0.4, -0.2) is 30.1 Å². The number of aryl methyl sites for hydroxylation is 1. The average Bonchev–Trinajstić information content (AvgIpc) is 3.37. The molecule has 1 aliphatic rings. The van der Waals surface area contributed by atoms with Gasteiger partial charge in [0, 0.05) is 34.1 Å². The molecule has 2 unspecified atom stereocenters. The first-order valence-corrected chi connectivity index (χ1v) is 10.3. The molecule has 28 heavy (non-hydrogen) atoms. The SMILES string of the molecule is Cc1ccn(C(C)C2=NN(c3ccn(Cc4c(Cl)cccc4Cl)n3)C(N)S2)n1. The van der Waals surface area contributed by atoms with Crippen LogP contribution in [0.3, 0.4) is 0 Å². The highest BCUT2D eigenvalue weighted by molar-refractivity contribution is 8.14. The number of nitrogens with two attached hydrogens (primary N) is 1. The van der Waals surface area contributed by atoms with Crippen molar-refractivity contribution in [2.75, 3.05) is 5.01 Å². The Bertz CT molecular complexity index is 1010. The second-order valence-corrected chi connectivity index (χ2v) is 8.43. The van der Waals surface area contributed by atoms with Gasteiger partial charge in [0.05, 0.1) is 18.3 Å². The number of rotatable bonds is 5. The van der Waals surface area contributed by atoms with Crippen molar-refractivity contribution in [3.05, 3.63) is 64.0 Å². The van der Waals surface area contributed by atoms with Crippen molar-refractivity contribution in [3.63, 3.8) is 0 Å². The predicted molar refractivity (Wildman–Crippen MR) is 115 cm³/mol. The van der Waals surface area contributed by atoms with Gasteiger partial charge in [-0.1, -0.05) is 41.0 Å². The summed E-state index contributed by atoms with van der Waals surface area (Å²) in [6.45, 7) is 4.48. The van der Waals surface area contributed by atoms with Crippen LogP contribution in [0.5, 0.6) is 0 Å². The van der Waals surface area contributed by atoms with E-state index in [1.54, 1.807) is 9.69 Å². The summed E-state index contributed by atoms with van der Waals surface area (Å²) in [5.74, 6) is 0.669. The topological polar surface area (TPSA) is 77.3 Å². The van der Waals surface area contributed by atoms with Gasteiger partial charge in [0.25, 0.3) is 0 Å².